The Morgan fingerprint density at radius 2 is 2.00 bits per heavy atom. The van der Waals surface area contributed by atoms with Crippen molar-refractivity contribution in [2.45, 2.75) is 26.3 Å². The van der Waals surface area contributed by atoms with Crippen LogP contribution in [0.3, 0.4) is 0 Å². The minimum absolute atomic E-state index is 0.216. The van der Waals surface area contributed by atoms with Crippen LogP contribution in [0.1, 0.15) is 31.3 Å². The third kappa shape index (κ3) is 3.53. The average molecular weight is 208 g/mol. The quantitative estimate of drug-likeness (QED) is 0.762. The van der Waals surface area contributed by atoms with Gasteiger partial charge in [-0.05, 0) is 20.8 Å². The van der Waals surface area contributed by atoms with Gasteiger partial charge in [0.15, 0.2) is 0 Å². The Labute approximate surface area is 89.3 Å². The van der Waals surface area contributed by atoms with E-state index in [1.807, 2.05) is 20.8 Å². The maximum atomic E-state index is 11.7. The second-order valence-electron chi connectivity index (χ2n) is 4.24. The number of amides is 1. The molecule has 0 fully saturated rings. The third-order valence-electron chi connectivity index (χ3n) is 1.61. The molecule has 0 radical (unpaired) electrons. The average Bonchev–Trinajstić information content (AvgIpc) is 2.15. The zero-order chi connectivity index (χ0) is 11.5. The van der Waals surface area contributed by atoms with Crippen molar-refractivity contribution in [3.8, 4) is 0 Å². The van der Waals surface area contributed by atoms with Crippen molar-refractivity contribution in [3.05, 3.63) is 18.1 Å². The molecule has 0 saturated heterocycles. The van der Waals surface area contributed by atoms with Gasteiger partial charge in [-0.15, -0.1) is 0 Å². The number of aromatic nitrogens is 2. The number of rotatable bonds is 2. The molecular weight excluding hydrogens is 192 g/mol. The molecule has 0 spiro atoms. The monoisotopic (exact) mass is 208 g/mol. The normalized spacial score (nSPS) is 10.9. The molecular formula is C10H16N4O. The summed E-state index contributed by atoms with van der Waals surface area (Å²) in [5.41, 5.74) is 0.0470. The first-order valence-electron chi connectivity index (χ1n) is 4.75. The second kappa shape index (κ2) is 4.25. The number of carbonyl (C=O) groups is 1. The molecule has 0 atom stereocenters. The third-order valence-corrected chi connectivity index (χ3v) is 1.61. The zero-order valence-electron chi connectivity index (χ0n) is 9.46. The van der Waals surface area contributed by atoms with Gasteiger partial charge in [-0.3, -0.25) is 9.78 Å². The van der Waals surface area contributed by atoms with E-state index in [9.17, 15) is 4.79 Å². The molecule has 2 N–H and O–H groups in total. The predicted octanol–water partition coefficient (Wildman–Crippen LogP) is 1.05. The molecule has 5 nitrogen and oxygen atoms in total. The van der Waals surface area contributed by atoms with Crippen LogP contribution in [0.2, 0.25) is 0 Å². The van der Waals surface area contributed by atoms with Crippen molar-refractivity contribution >= 4 is 11.7 Å². The van der Waals surface area contributed by atoms with Crippen LogP contribution in [0.5, 0.6) is 0 Å². The van der Waals surface area contributed by atoms with Gasteiger partial charge >= 0.3 is 0 Å². The van der Waals surface area contributed by atoms with Crippen molar-refractivity contribution in [1.82, 2.24) is 15.3 Å². The van der Waals surface area contributed by atoms with Crippen molar-refractivity contribution in [3.63, 3.8) is 0 Å². The summed E-state index contributed by atoms with van der Waals surface area (Å²) in [6.45, 7) is 5.75. The number of anilines is 1. The summed E-state index contributed by atoms with van der Waals surface area (Å²) in [6, 6.07) is 0. The molecule has 1 rings (SSSR count). The second-order valence-corrected chi connectivity index (χ2v) is 4.24. The van der Waals surface area contributed by atoms with Gasteiger partial charge in [0.1, 0.15) is 11.5 Å². The molecule has 1 aromatic heterocycles. The molecule has 5 heteroatoms. The number of nitrogens with one attached hydrogen (secondary N) is 2. The SMILES string of the molecule is CNc1cncc(C(=O)NC(C)(C)C)n1. The van der Waals surface area contributed by atoms with Crippen molar-refractivity contribution in [2.24, 2.45) is 0 Å². The number of carbonyl (C=O) groups excluding carboxylic acids is 1. The van der Waals surface area contributed by atoms with E-state index < -0.39 is 0 Å². The maximum Gasteiger partial charge on any atom is 0.271 e. The Balaban J connectivity index is 2.82. The van der Waals surface area contributed by atoms with Gasteiger partial charge in [-0.1, -0.05) is 0 Å². The lowest BCUT2D eigenvalue weighted by atomic mass is 10.1. The van der Waals surface area contributed by atoms with Crippen LogP contribution in [0.25, 0.3) is 0 Å². The molecule has 0 unspecified atom stereocenters. The Morgan fingerprint density at radius 1 is 1.33 bits per heavy atom. The molecule has 15 heavy (non-hydrogen) atoms. The summed E-state index contributed by atoms with van der Waals surface area (Å²) < 4.78 is 0. The van der Waals surface area contributed by atoms with Crippen LogP contribution >= 0.6 is 0 Å². The summed E-state index contributed by atoms with van der Waals surface area (Å²) >= 11 is 0. The highest BCUT2D eigenvalue weighted by atomic mass is 16.2. The Hall–Kier alpha value is -1.65. The van der Waals surface area contributed by atoms with E-state index in [-0.39, 0.29) is 11.4 Å². The molecule has 0 aliphatic rings. The molecule has 82 valence electrons. The number of hydrogen-bond donors (Lipinski definition) is 2. The molecule has 1 heterocycles. The van der Waals surface area contributed by atoms with E-state index in [1.54, 1.807) is 13.2 Å². The van der Waals surface area contributed by atoms with Crippen LogP contribution in [-0.4, -0.2) is 28.5 Å². The fourth-order valence-electron chi connectivity index (χ4n) is 1.00. The molecule has 1 aromatic rings. The highest BCUT2D eigenvalue weighted by Crippen LogP contribution is 2.04. The molecule has 0 saturated carbocycles. The highest BCUT2D eigenvalue weighted by Gasteiger charge is 2.16. The van der Waals surface area contributed by atoms with Gasteiger partial charge in [0.2, 0.25) is 0 Å². The lowest BCUT2D eigenvalue weighted by molar-refractivity contribution is 0.0914. The minimum Gasteiger partial charge on any atom is -0.372 e. The van der Waals surface area contributed by atoms with E-state index in [4.69, 9.17) is 0 Å². The fourth-order valence-corrected chi connectivity index (χ4v) is 1.00. The lowest BCUT2D eigenvalue weighted by Crippen LogP contribution is -2.41. The van der Waals surface area contributed by atoms with Gasteiger partial charge < -0.3 is 10.6 Å². The van der Waals surface area contributed by atoms with Gasteiger partial charge in [0.25, 0.3) is 5.91 Å². The Kier molecular flexibility index (Phi) is 3.24. The van der Waals surface area contributed by atoms with Crippen LogP contribution in [0.4, 0.5) is 5.82 Å². The van der Waals surface area contributed by atoms with Gasteiger partial charge in [-0.25, -0.2) is 4.98 Å². The van der Waals surface area contributed by atoms with Crippen molar-refractivity contribution in [1.29, 1.82) is 0 Å². The van der Waals surface area contributed by atoms with Gasteiger partial charge in [0, 0.05) is 12.6 Å². The number of hydrogen-bond acceptors (Lipinski definition) is 4. The van der Waals surface area contributed by atoms with Crippen LogP contribution in [-0.2, 0) is 0 Å². The van der Waals surface area contributed by atoms with E-state index >= 15 is 0 Å². The van der Waals surface area contributed by atoms with Crippen LogP contribution in [0.15, 0.2) is 12.4 Å². The smallest absolute Gasteiger partial charge is 0.271 e. The van der Waals surface area contributed by atoms with Crippen molar-refractivity contribution < 1.29 is 4.79 Å². The summed E-state index contributed by atoms with van der Waals surface area (Å²) in [6.07, 6.45) is 3.01. The summed E-state index contributed by atoms with van der Waals surface area (Å²) in [4.78, 5) is 19.7. The topological polar surface area (TPSA) is 66.9 Å². The van der Waals surface area contributed by atoms with Crippen LogP contribution < -0.4 is 10.6 Å². The highest BCUT2D eigenvalue weighted by molar-refractivity contribution is 5.92. The lowest BCUT2D eigenvalue weighted by Gasteiger charge is -2.20. The zero-order valence-corrected chi connectivity index (χ0v) is 9.46. The van der Waals surface area contributed by atoms with E-state index in [1.165, 1.54) is 6.20 Å². The molecule has 0 aliphatic heterocycles. The first-order valence-corrected chi connectivity index (χ1v) is 4.75. The van der Waals surface area contributed by atoms with Crippen molar-refractivity contribution in [2.75, 3.05) is 12.4 Å². The molecule has 0 aromatic carbocycles. The minimum atomic E-state index is -0.269. The maximum absolute atomic E-state index is 11.7. The first-order chi connectivity index (χ1) is 6.92. The van der Waals surface area contributed by atoms with Gasteiger partial charge in [0.05, 0.1) is 12.4 Å². The summed E-state index contributed by atoms with van der Waals surface area (Å²) in [7, 11) is 1.73. The summed E-state index contributed by atoms with van der Waals surface area (Å²) in [5.74, 6) is 0.364. The molecule has 1 amide bonds. The van der Waals surface area contributed by atoms with Gasteiger partial charge in [-0.2, -0.15) is 0 Å². The van der Waals surface area contributed by atoms with E-state index in [0.29, 0.717) is 11.5 Å². The Morgan fingerprint density at radius 3 is 2.53 bits per heavy atom. The summed E-state index contributed by atoms with van der Waals surface area (Å²) in [5, 5.41) is 5.65. The van der Waals surface area contributed by atoms with E-state index in [2.05, 4.69) is 20.6 Å². The largest absolute Gasteiger partial charge is 0.372 e. The fraction of sp³-hybridized carbons (Fsp3) is 0.500. The first kappa shape index (κ1) is 11.4. The molecule has 0 aliphatic carbocycles. The standard InChI is InChI=1S/C10H16N4O/c1-10(2,3)14-9(15)7-5-12-6-8(11-4)13-7/h5-6H,1-4H3,(H,11,13)(H,14,15). The number of nitrogens with zero attached hydrogens (tertiary/aromatic N) is 2. The van der Waals surface area contributed by atoms with Crippen LogP contribution in [0, 0.1) is 0 Å². The Bertz CT molecular complexity index is 357. The molecule has 0 bridgehead atoms. The predicted molar refractivity (Wildman–Crippen MR) is 58.8 cm³/mol. The van der Waals surface area contributed by atoms with E-state index in [0.717, 1.165) is 0 Å².